The third-order valence-corrected chi connectivity index (χ3v) is 3.85. The zero-order chi connectivity index (χ0) is 15.9. The quantitative estimate of drug-likeness (QED) is 0.743. The van der Waals surface area contributed by atoms with Crippen molar-refractivity contribution in [3.8, 4) is 0 Å². The number of hydrogen-bond acceptors (Lipinski definition) is 3. The number of ether oxygens (including phenoxy) is 1. The molecule has 0 aliphatic carbocycles. The van der Waals surface area contributed by atoms with Crippen LogP contribution in [0, 0.1) is 11.8 Å². The Morgan fingerprint density at radius 3 is 2.05 bits per heavy atom. The van der Waals surface area contributed by atoms with Gasteiger partial charge in [0.2, 0.25) is 0 Å². The Balaban J connectivity index is 5.72. The lowest BCUT2D eigenvalue weighted by Gasteiger charge is -2.44. The van der Waals surface area contributed by atoms with E-state index < -0.39 is 17.6 Å². The molecule has 20 heavy (non-hydrogen) atoms. The maximum absolute atomic E-state index is 12.2. The molecule has 0 aromatic heterocycles. The maximum atomic E-state index is 12.2. The van der Waals surface area contributed by atoms with Gasteiger partial charge in [-0.05, 0) is 25.2 Å². The standard InChI is InChI=1S/C15H29NO4/c1-7-12(6)15(8-2,13(17)18)16(10-11(4)5)14(19)20-9-3/h11-12H,7-10H2,1-6H3,(H,17,18). The first kappa shape index (κ1) is 18.7. The predicted molar refractivity (Wildman–Crippen MR) is 78.7 cm³/mol. The lowest BCUT2D eigenvalue weighted by atomic mass is 9.79. The summed E-state index contributed by atoms with van der Waals surface area (Å²) >= 11 is 0. The molecule has 0 aliphatic rings. The summed E-state index contributed by atoms with van der Waals surface area (Å²) in [6, 6.07) is 0. The average Bonchev–Trinajstić information content (AvgIpc) is 2.37. The zero-order valence-corrected chi connectivity index (χ0v) is 13.6. The number of carboxylic acids is 1. The Labute approximate surface area is 122 Å². The van der Waals surface area contributed by atoms with Gasteiger partial charge in [-0.1, -0.05) is 41.0 Å². The van der Waals surface area contributed by atoms with Crippen molar-refractivity contribution >= 4 is 12.1 Å². The van der Waals surface area contributed by atoms with Crippen LogP contribution in [0.3, 0.4) is 0 Å². The van der Waals surface area contributed by atoms with E-state index in [0.29, 0.717) is 19.4 Å². The third kappa shape index (κ3) is 3.87. The monoisotopic (exact) mass is 287 g/mol. The predicted octanol–water partition coefficient (Wildman–Crippen LogP) is 3.38. The van der Waals surface area contributed by atoms with E-state index in [0.717, 1.165) is 0 Å². The molecule has 0 aliphatic heterocycles. The summed E-state index contributed by atoms with van der Waals surface area (Å²) in [5.74, 6) is -0.926. The Kier molecular flexibility index (Phi) is 7.61. The minimum atomic E-state index is -1.20. The number of rotatable bonds is 8. The fourth-order valence-corrected chi connectivity index (χ4v) is 2.59. The molecule has 0 radical (unpaired) electrons. The van der Waals surface area contributed by atoms with Crippen molar-refractivity contribution in [2.75, 3.05) is 13.2 Å². The number of aliphatic carboxylic acids is 1. The molecule has 1 N–H and O–H groups in total. The van der Waals surface area contributed by atoms with Gasteiger partial charge in [0.15, 0.2) is 0 Å². The summed E-state index contributed by atoms with van der Waals surface area (Å²) in [4.78, 5) is 25.6. The first-order valence-electron chi connectivity index (χ1n) is 7.45. The van der Waals surface area contributed by atoms with Crippen LogP contribution in [0.1, 0.15) is 54.4 Å². The summed E-state index contributed by atoms with van der Waals surface area (Å²) in [7, 11) is 0. The second kappa shape index (κ2) is 8.12. The van der Waals surface area contributed by atoms with Gasteiger partial charge < -0.3 is 9.84 Å². The van der Waals surface area contributed by atoms with E-state index in [1.165, 1.54) is 4.90 Å². The van der Waals surface area contributed by atoms with Crippen molar-refractivity contribution < 1.29 is 19.4 Å². The normalized spacial score (nSPS) is 15.6. The molecule has 0 heterocycles. The highest BCUT2D eigenvalue weighted by Gasteiger charge is 2.49. The number of carbonyl (C=O) groups is 2. The maximum Gasteiger partial charge on any atom is 0.410 e. The molecule has 5 heteroatoms. The van der Waals surface area contributed by atoms with Crippen molar-refractivity contribution in [1.82, 2.24) is 4.90 Å². The molecule has 0 aromatic rings. The van der Waals surface area contributed by atoms with Crippen molar-refractivity contribution in [2.24, 2.45) is 11.8 Å². The highest BCUT2D eigenvalue weighted by Crippen LogP contribution is 2.33. The molecule has 2 unspecified atom stereocenters. The molecule has 0 saturated carbocycles. The molecule has 0 aromatic carbocycles. The van der Waals surface area contributed by atoms with Crippen molar-refractivity contribution in [3.05, 3.63) is 0 Å². The van der Waals surface area contributed by atoms with Crippen LogP contribution < -0.4 is 0 Å². The number of carboxylic acid groups (broad SMARTS) is 1. The van der Waals surface area contributed by atoms with Gasteiger partial charge in [0.25, 0.3) is 0 Å². The van der Waals surface area contributed by atoms with Crippen LogP contribution in [-0.4, -0.2) is 40.8 Å². The van der Waals surface area contributed by atoms with E-state index in [-0.39, 0.29) is 18.4 Å². The number of nitrogens with zero attached hydrogens (tertiary/aromatic N) is 1. The lowest BCUT2D eigenvalue weighted by molar-refractivity contribution is -0.155. The van der Waals surface area contributed by atoms with Crippen molar-refractivity contribution in [3.63, 3.8) is 0 Å². The Bertz CT molecular complexity index is 330. The van der Waals surface area contributed by atoms with Crippen LogP contribution in [0.5, 0.6) is 0 Å². The fraction of sp³-hybridized carbons (Fsp3) is 0.867. The second-order valence-electron chi connectivity index (χ2n) is 5.60. The molecule has 0 spiro atoms. The van der Waals surface area contributed by atoms with Crippen LogP contribution in [0.25, 0.3) is 0 Å². The molecular formula is C15H29NO4. The molecule has 118 valence electrons. The lowest BCUT2D eigenvalue weighted by Crippen LogP contribution is -2.61. The van der Waals surface area contributed by atoms with E-state index in [1.807, 2.05) is 34.6 Å². The summed E-state index contributed by atoms with van der Waals surface area (Å²) < 4.78 is 5.08. The van der Waals surface area contributed by atoms with Gasteiger partial charge in [-0.3, -0.25) is 4.90 Å². The van der Waals surface area contributed by atoms with Crippen LogP contribution >= 0.6 is 0 Å². The van der Waals surface area contributed by atoms with E-state index in [4.69, 9.17) is 4.74 Å². The Morgan fingerprint density at radius 2 is 1.75 bits per heavy atom. The fourth-order valence-electron chi connectivity index (χ4n) is 2.59. The van der Waals surface area contributed by atoms with E-state index in [9.17, 15) is 14.7 Å². The summed E-state index contributed by atoms with van der Waals surface area (Å²) in [5.41, 5.74) is -1.20. The second-order valence-corrected chi connectivity index (χ2v) is 5.60. The third-order valence-electron chi connectivity index (χ3n) is 3.85. The molecule has 0 bridgehead atoms. The minimum absolute atomic E-state index is 0.145. The van der Waals surface area contributed by atoms with Crippen LogP contribution in [0.4, 0.5) is 4.79 Å². The number of hydrogen-bond donors (Lipinski definition) is 1. The van der Waals surface area contributed by atoms with Gasteiger partial charge in [-0.25, -0.2) is 9.59 Å². The number of carbonyl (C=O) groups excluding carboxylic acids is 1. The molecule has 2 atom stereocenters. The summed E-state index contributed by atoms with van der Waals surface area (Å²) in [6.07, 6.45) is 0.516. The van der Waals surface area contributed by atoms with Crippen LogP contribution in [0.15, 0.2) is 0 Å². The highest BCUT2D eigenvalue weighted by atomic mass is 16.6. The molecule has 1 amide bonds. The zero-order valence-electron chi connectivity index (χ0n) is 13.6. The highest BCUT2D eigenvalue weighted by molar-refractivity contribution is 5.84. The van der Waals surface area contributed by atoms with E-state index >= 15 is 0 Å². The Morgan fingerprint density at radius 1 is 1.20 bits per heavy atom. The largest absolute Gasteiger partial charge is 0.479 e. The summed E-state index contributed by atoms with van der Waals surface area (Å²) in [5, 5.41) is 9.78. The molecule has 0 rings (SSSR count). The molecule has 0 fully saturated rings. The number of amides is 1. The van der Waals surface area contributed by atoms with Gasteiger partial charge in [0.05, 0.1) is 6.61 Å². The minimum Gasteiger partial charge on any atom is -0.479 e. The van der Waals surface area contributed by atoms with Gasteiger partial charge in [0, 0.05) is 6.54 Å². The average molecular weight is 287 g/mol. The first-order valence-corrected chi connectivity index (χ1v) is 7.45. The van der Waals surface area contributed by atoms with Crippen LogP contribution in [-0.2, 0) is 9.53 Å². The van der Waals surface area contributed by atoms with E-state index in [2.05, 4.69) is 0 Å². The summed E-state index contributed by atoms with van der Waals surface area (Å²) in [6.45, 7) is 11.9. The molecule has 5 nitrogen and oxygen atoms in total. The van der Waals surface area contributed by atoms with Crippen molar-refractivity contribution in [2.45, 2.75) is 59.9 Å². The Hall–Kier alpha value is -1.26. The van der Waals surface area contributed by atoms with Gasteiger partial charge >= 0.3 is 12.1 Å². The molecular weight excluding hydrogens is 258 g/mol. The smallest absolute Gasteiger partial charge is 0.410 e. The SMILES string of the molecule is CCOC(=O)N(CC(C)C)C(CC)(C(=O)O)C(C)CC. The first-order chi connectivity index (χ1) is 9.27. The van der Waals surface area contributed by atoms with Gasteiger partial charge in [-0.2, -0.15) is 0 Å². The van der Waals surface area contributed by atoms with Gasteiger partial charge in [-0.15, -0.1) is 0 Å². The van der Waals surface area contributed by atoms with Gasteiger partial charge in [0.1, 0.15) is 5.54 Å². The van der Waals surface area contributed by atoms with E-state index in [1.54, 1.807) is 6.92 Å². The van der Waals surface area contributed by atoms with Crippen molar-refractivity contribution in [1.29, 1.82) is 0 Å². The molecule has 0 saturated heterocycles. The topological polar surface area (TPSA) is 66.8 Å². The van der Waals surface area contributed by atoms with Crippen LogP contribution in [0.2, 0.25) is 0 Å².